The minimum atomic E-state index is -0.0786. The third-order valence-electron chi connectivity index (χ3n) is 2.10. The van der Waals surface area contributed by atoms with Gasteiger partial charge in [0.05, 0.1) is 17.8 Å². The smallest absolute Gasteiger partial charge is 0.192 e. The van der Waals surface area contributed by atoms with Gasteiger partial charge in [-0.1, -0.05) is 0 Å². The molecule has 0 aliphatic heterocycles. The molecule has 0 spiro atoms. The molecule has 0 aliphatic carbocycles. The van der Waals surface area contributed by atoms with Gasteiger partial charge < -0.3 is 5.11 Å². The molecule has 1 heterocycles. The fourth-order valence-corrected chi connectivity index (χ4v) is 2.21. The molecule has 1 atom stereocenters. The lowest BCUT2D eigenvalue weighted by Gasteiger charge is -2.12. The Hall–Kier alpha value is -0.550. The van der Waals surface area contributed by atoms with Gasteiger partial charge >= 0.3 is 0 Å². The molecule has 0 fully saturated rings. The van der Waals surface area contributed by atoms with E-state index in [9.17, 15) is 5.11 Å². The van der Waals surface area contributed by atoms with E-state index in [1.807, 2.05) is 11.6 Å². The van der Waals surface area contributed by atoms with Gasteiger partial charge in [-0.15, -0.1) is 0 Å². The van der Waals surface area contributed by atoms with Crippen LogP contribution in [0.1, 0.15) is 24.2 Å². The molecule has 1 aromatic heterocycles. The van der Waals surface area contributed by atoms with Crippen LogP contribution >= 0.6 is 24.0 Å². The SMILES string of the molecule is CSCC(C)n1ncc(C(O)=S)c1C. The van der Waals surface area contributed by atoms with Gasteiger partial charge in [0.1, 0.15) is 0 Å². The molecule has 14 heavy (non-hydrogen) atoms. The van der Waals surface area contributed by atoms with Crippen LogP contribution in [0.4, 0.5) is 0 Å². The Morgan fingerprint density at radius 2 is 2.43 bits per heavy atom. The summed E-state index contributed by atoms with van der Waals surface area (Å²) in [5, 5.41) is 13.3. The minimum absolute atomic E-state index is 0.0786. The highest BCUT2D eigenvalue weighted by molar-refractivity contribution is 7.98. The van der Waals surface area contributed by atoms with Crippen LogP contribution in [0.25, 0.3) is 0 Å². The average Bonchev–Trinajstić information content (AvgIpc) is 2.47. The first-order chi connectivity index (χ1) is 6.57. The van der Waals surface area contributed by atoms with Gasteiger partial charge in [-0.25, -0.2) is 0 Å². The number of aliphatic hydroxyl groups is 1. The van der Waals surface area contributed by atoms with Gasteiger partial charge in [0, 0.05) is 11.4 Å². The van der Waals surface area contributed by atoms with Crippen LogP contribution in [-0.2, 0) is 0 Å². The highest BCUT2D eigenvalue weighted by Crippen LogP contribution is 2.16. The molecule has 0 saturated carbocycles. The molecule has 0 amide bonds. The normalized spacial score (nSPS) is 12.8. The summed E-state index contributed by atoms with van der Waals surface area (Å²) in [7, 11) is 0. The van der Waals surface area contributed by atoms with E-state index in [0.29, 0.717) is 11.6 Å². The second-order valence-electron chi connectivity index (χ2n) is 3.20. The zero-order valence-corrected chi connectivity index (χ0v) is 10.2. The fourth-order valence-electron chi connectivity index (χ4n) is 1.39. The summed E-state index contributed by atoms with van der Waals surface area (Å²) in [6, 6.07) is 0.327. The monoisotopic (exact) mass is 230 g/mol. The summed E-state index contributed by atoms with van der Waals surface area (Å²) < 4.78 is 1.90. The van der Waals surface area contributed by atoms with E-state index < -0.39 is 0 Å². The van der Waals surface area contributed by atoms with Crippen molar-refractivity contribution in [2.24, 2.45) is 0 Å². The summed E-state index contributed by atoms with van der Waals surface area (Å²) in [6.07, 6.45) is 3.68. The lowest BCUT2D eigenvalue weighted by molar-refractivity contribution is 0.525. The molecule has 78 valence electrons. The number of rotatable bonds is 4. The third kappa shape index (κ3) is 2.27. The number of thioether (sulfide) groups is 1. The molecule has 1 aromatic rings. The lowest BCUT2D eigenvalue weighted by Crippen LogP contribution is -2.11. The highest BCUT2D eigenvalue weighted by atomic mass is 32.2. The summed E-state index contributed by atoms with van der Waals surface area (Å²) in [5.74, 6) is 1.00. The van der Waals surface area contributed by atoms with Crippen LogP contribution in [-0.4, -0.2) is 31.9 Å². The number of aliphatic hydroxyl groups excluding tert-OH is 1. The van der Waals surface area contributed by atoms with E-state index in [2.05, 4.69) is 18.3 Å². The van der Waals surface area contributed by atoms with Crippen molar-refractivity contribution in [2.45, 2.75) is 19.9 Å². The molecular weight excluding hydrogens is 216 g/mol. The third-order valence-corrected chi connectivity index (χ3v) is 3.14. The number of nitrogens with zero attached hydrogens (tertiary/aromatic N) is 2. The van der Waals surface area contributed by atoms with Crippen molar-refractivity contribution in [3.8, 4) is 0 Å². The number of hydrogen-bond acceptors (Lipinski definition) is 3. The predicted octanol–water partition coefficient (Wildman–Crippen LogP) is 2.35. The first-order valence-corrected chi connectivity index (χ1v) is 6.14. The summed E-state index contributed by atoms with van der Waals surface area (Å²) in [5.41, 5.74) is 1.59. The van der Waals surface area contributed by atoms with E-state index in [0.717, 1.165) is 11.4 Å². The van der Waals surface area contributed by atoms with Gasteiger partial charge in [-0.05, 0) is 32.3 Å². The zero-order chi connectivity index (χ0) is 10.7. The molecule has 1 N–H and O–H groups in total. The van der Waals surface area contributed by atoms with Crippen molar-refractivity contribution < 1.29 is 5.11 Å². The summed E-state index contributed by atoms with van der Waals surface area (Å²) in [6.45, 7) is 4.02. The Morgan fingerprint density at radius 3 is 2.86 bits per heavy atom. The highest BCUT2D eigenvalue weighted by Gasteiger charge is 2.13. The van der Waals surface area contributed by atoms with Crippen LogP contribution in [0.15, 0.2) is 6.20 Å². The van der Waals surface area contributed by atoms with Gasteiger partial charge in [0.15, 0.2) is 5.05 Å². The molecule has 1 rings (SSSR count). The topological polar surface area (TPSA) is 38.0 Å². The molecule has 0 bridgehead atoms. The van der Waals surface area contributed by atoms with Crippen LogP contribution in [0.2, 0.25) is 0 Å². The van der Waals surface area contributed by atoms with E-state index in [4.69, 9.17) is 12.2 Å². The second kappa shape index (κ2) is 4.79. The zero-order valence-electron chi connectivity index (χ0n) is 8.52. The quantitative estimate of drug-likeness (QED) is 0.806. The summed E-state index contributed by atoms with van der Waals surface area (Å²) >= 11 is 6.49. The minimum Gasteiger partial charge on any atom is -0.498 e. The van der Waals surface area contributed by atoms with Crippen LogP contribution in [0.5, 0.6) is 0 Å². The maximum absolute atomic E-state index is 9.20. The van der Waals surface area contributed by atoms with Crippen molar-refractivity contribution in [1.29, 1.82) is 0 Å². The van der Waals surface area contributed by atoms with Gasteiger partial charge in [-0.2, -0.15) is 16.9 Å². The first kappa shape index (κ1) is 11.5. The second-order valence-corrected chi connectivity index (χ2v) is 4.50. The van der Waals surface area contributed by atoms with Gasteiger partial charge in [0.25, 0.3) is 0 Å². The van der Waals surface area contributed by atoms with Crippen LogP contribution in [0, 0.1) is 6.92 Å². The largest absolute Gasteiger partial charge is 0.498 e. The van der Waals surface area contributed by atoms with Gasteiger partial charge in [0.2, 0.25) is 0 Å². The van der Waals surface area contributed by atoms with E-state index >= 15 is 0 Å². The van der Waals surface area contributed by atoms with Crippen molar-refractivity contribution in [1.82, 2.24) is 9.78 Å². The van der Waals surface area contributed by atoms with Gasteiger partial charge in [-0.3, -0.25) is 4.68 Å². The van der Waals surface area contributed by atoms with Crippen molar-refractivity contribution >= 4 is 29.0 Å². The Kier molecular flexibility index (Phi) is 3.95. The van der Waals surface area contributed by atoms with E-state index in [-0.39, 0.29) is 5.05 Å². The first-order valence-electron chi connectivity index (χ1n) is 4.34. The van der Waals surface area contributed by atoms with Crippen molar-refractivity contribution in [3.05, 3.63) is 17.5 Å². The fraction of sp³-hybridized carbons (Fsp3) is 0.556. The molecule has 0 aliphatic rings. The average molecular weight is 230 g/mol. The number of hydrogen-bond donors (Lipinski definition) is 1. The Bertz CT molecular complexity index is 336. The van der Waals surface area contributed by atoms with Crippen LogP contribution < -0.4 is 0 Å². The van der Waals surface area contributed by atoms with E-state index in [1.165, 1.54) is 0 Å². The molecule has 1 unspecified atom stereocenters. The maximum Gasteiger partial charge on any atom is 0.192 e. The van der Waals surface area contributed by atoms with Crippen LogP contribution in [0.3, 0.4) is 0 Å². The standard InChI is InChI=1S/C9H14N2OS2/c1-6(5-14-3)11-7(2)8(4-10-11)9(12)13/h4,6H,5H2,1-3H3,(H,12,13). The number of aromatic nitrogens is 2. The predicted molar refractivity (Wildman–Crippen MR) is 64.4 cm³/mol. The molecule has 0 radical (unpaired) electrons. The Balaban J connectivity index is 2.94. The number of thiocarbonyl (C=S) groups is 1. The van der Waals surface area contributed by atoms with Crippen molar-refractivity contribution in [3.63, 3.8) is 0 Å². The Morgan fingerprint density at radius 1 is 1.79 bits per heavy atom. The maximum atomic E-state index is 9.20. The molecule has 3 nitrogen and oxygen atoms in total. The Labute approximate surface area is 93.5 Å². The summed E-state index contributed by atoms with van der Waals surface area (Å²) in [4.78, 5) is 0. The molecule has 0 aromatic carbocycles. The van der Waals surface area contributed by atoms with E-state index in [1.54, 1.807) is 18.0 Å². The van der Waals surface area contributed by atoms with Crippen molar-refractivity contribution in [2.75, 3.05) is 12.0 Å². The lowest BCUT2D eigenvalue weighted by atomic mass is 10.2. The molecule has 5 heteroatoms. The molecule has 0 saturated heterocycles. The molecular formula is C9H14N2OS2.